The fourth-order valence-electron chi connectivity index (χ4n) is 8.45. The molecule has 6 nitrogen and oxygen atoms in total. The predicted molar refractivity (Wildman–Crippen MR) is 122 cm³/mol. The van der Waals surface area contributed by atoms with Crippen molar-refractivity contribution >= 4 is 11.6 Å². The van der Waals surface area contributed by atoms with E-state index in [1.165, 1.54) is 6.07 Å². The third-order valence-electron chi connectivity index (χ3n) is 10.3. The van der Waals surface area contributed by atoms with E-state index in [1.54, 1.807) is 6.26 Å². The smallest absolute Gasteiger partial charge is 0.335 e. The number of aliphatic hydroxyl groups is 1. The molecule has 4 aliphatic rings. The molecule has 1 aromatic heterocycles. The van der Waals surface area contributed by atoms with Gasteiger partial charge in [-0.25, -0.2) is 9.79 Å². The summed E-state index contributed by atoms with van der Waals surface area (Å²) in [7, 11) is 0. The maximum Gasteiger partial charge on any atom is 0.335 e. The highest BCUT2D eigenvalue weighted by Crippen LogP contribution is 2.70. The highest BCUT2D eigenvalue weighted by atomic mass is 16.4. The van der Waals surface area contributed by atoms with Crippen LogP contribution in [0.2, 0.25) is 0 Å². The first-order chi connectivity index (χ1) is 15.2. The molecule has 3 N–H and O–H groups in total. The second-order valence-electron chi connectivity index (χ2n) is 11.3. The summed E-state index contributed by atoms with van der Waals surface area (Å²) in [6.45, 7) is 4.68. The van der Waals surface area contributed by atoms with Crippen LogP contribution >= 0.6 is 0 Å². The van der Waals surface area contributed by atoms with Crippen LogP contribution in [0.5, 0.6) is 0 Å². The van der Waals surface area contributed by atoms with Crippen molar-refractivity contribution in [3.63, 3.8) is 0 Å². The van der Waals surface area contributed by atoms with Crippen LogP contribution in [0.3, 0.4) is 0 Å². The van der Waals surface area contributed by atoms with Crippen molar-refractivity contribution < 1.29 is 14.3 Å². The van der Waals surface area contributed by atoms with Crippen LogP contribution in [0.25, 0.3) is 0 Å². The Morgan fingerprint density at radius 3 is 2.69 bits per heavy atom. The third kappa shape index (κ3) is 3.09. The molecule has 0 saturated heterocycles. The normalized spacial score (nSPS) is 44.6. The SMILES string of the molecule is C[C@]12CC/C(=N\C(=O)CN)C[C@H]1CC[C@@H]1[C@@H]2CC[C@]2(C)[C@@H](c3ccc(=O)oc3)CC[C@]12O. The molecule has 5 rings (SSSR count). The van der Waals surface area contributed by atoms with Crippen molar-refractivity contribution in [3.8, 4) is 0 Å². The van der Waals surface area contributed by atoms with E-state index in [2.05, 4.69) is 18.8 Å². The average molecular weight is 441 g/mol. The number of fused-ring (bicyclic) bond motifs is 5. The molecule has 32 heavy (non-hydrogen) atoms. The summed E-state index contributed by atoms with van der Waals surface area (Å²) < 4.78 is 5.19. The Hall–Kier alpha value is -1.79. The van der Waals surface area contributed by atoms with Crippen molar-refractivity contribution in [3.05, 3.63) is 34.4 Å². The van der Waals surface area contributed by atoms with Gasteiger partial charge in [-0.1, -0.05) is 13.8 Å². The molecule has 4 fully saturated rings. The first-order valence-electron chi connectivity index (χ1n) is 12.3. The molecule has 0 unspecified atom stereocenters. The summed E-state index contributed by atoms with van der Waals surface area (Å²) in [6.07, 6.45) is 10.4. The molecule has 4 saturated carbocycles. The van der Waals surface area contributed by atoms with Crippen LogP contribution in [0.1, 0.15) is 83.1 Å². The zero-order chi connectivity index (χ0) is 22.7. The highest BCUT2D eigenvalue weighted by molar-refractivity contribution is 5.97. The number of hydrogen-bond acceptors (Lipinski definition) is 5. The monoisotopic (exact) mass is 440 g/mol. The van der Waals surface area contributed by atoms with Crippen LogP contribution in [0, 0.1) is 28.6 Å². The van der Waals surface area contributed by atoms with Gasteiger partial charge in [0.15, 0.2) is 0 Å². The molecule has 7 atom stereocenters. The lowest BCUT2D eigenvalue weighted by atomic mass is 9.43. The molecule has 1 aromatic rings. The maximum absolute atomic E-state index is 12.3. The van der Waals surface area contributed by atoms with Crippen LogP contribution < -0.4 is 11.4 Å². The van der Waals surface area contributed by atoms with Gasteiger partial charge in [0.25, 0.3) is 5.91 Å². The molecule has 1 amide bonds. The van der Waals surface area contributed by atoms with E-state index in [0.29, 0.717) is 17.8 Å². The van der Waals surface area contributed by atoms with Crippen molar-refractivity contribution in [2.45, 2.75) is 83.2 Å². The standard InChI is InChI=1S/C26H36N2O4/c1-24-10-7-18(28-22(29)14-27)13-17(24)4-5-21-20(24)8-11-25(2)19(9-12-26(21,25)31)16-3-6-23(30)32-15-16/h3,6,15,17,19-21,31H,4-5,7-14,27H2,1-2H3/b28-18+/t17-,19-,20+,21-,24+,25-,26+/m1/s1. The van der Waals surface area contributed by atoms with Crippen LogP contribution in [-0.4, -0.2) is 28.9 Å². The highest BCUT2D eigenvalue weighted by Gasteiger charge is 2.67. The van der Waals surface area contributed by atoms with Gasteiger partial charge in [0.2, 0.25) is 0 Å². The Balaban J connectivity index is 1.42. The predicted octanol–water partition coefficient (Wildman–Crippen LogP) is 3.81. The fourth-order valence-corrected chi connectivity index (χ4v) is 8.45. The second kappa shape index (κ2) is 7.63. The number of carbonyl (C=O) groups is 1. The van der Waals surface area contributed by atoms with Gasteiger partial charge < -0.3 is 15.3 Å². The number of amides is 1. The molecule has 6 heteroatoms. The summed E-state index contributed by atoms with van der Waals surface area (Å²) in [4.78, 5) is 27.5. The van der Waals surface area contributed by atoms with Gasteiger partial charge in [-0.05, 0) is 98.5 Å². The lowest BCUT2D eigenvalue weighted by Gasteiger charge is -2.63. The Morgan fingerprint density at radius 1 is 1.16 bits per heavy atom. The first kappa shape index (κ1) is 22.0. The molecular weight excluding hydrogens is 404 g/mol. The zero-order valence-electron chi connectivity index (χ0n) is 19.3. The fraction of sp³-hybridized carbons (Fsp3) is 0.731. The van der Waals surface area contributed by atoms with Crippen molar-refractivity contribution in [2.75, 3.05) is 6.54 Å². The molecule has 174 valence electrons. The molecular formula is C26H36N2O4. The summed E-state index contributed by atoms with van der Waals surface area (Å²) in [5.41, 5.74) is 6.50. The third-order valence-corrected chi connectivity index (χ3v) is 10.3. The van der Waals surface area contributed by atoms with Crippen LogP contribution in [0.15, 0.2) is 32.6 Å². The summed E-state index contributed by atoms with van der Waals surface area (Å²) in [5.74, 6) is 1.32. The number of hydrogen-bond donors (Lipinski definition) is 2. The van der Waals surface area contributed by atoms with Gasteiger partial charge in [0, 0.05) is 17.2 Å². The molecule has 0 bridgehead atoms. The summed E-state index contributed by atoms with van der Waals surface area (Å²) in [5, 5.41) is 12.3. The molecule has 0 aromatic carbocycles. The molecule has 0 radical (unpaired) electrons. The first-order valence-corrected chi connectivity index (χ1v) is 12.3. The average Bonchev–Trinajstić information content (AvgIpc) is 3.06. The minimum absolute atomic E-state index is 0.0201. The van der Waals surface area contributed by atoms with Crippen molar-refractivity contribution in [2.24, 2.45) is 39.3 Å². The minimum atomic E-state index is -0.686. The van der Waals surface area contributed by atoms with Crippen LogP contribution in [-0.2, 0) is 4.79 Å². The Morgan fingerprint density at radius 2 is 1.97 bits per heavy atom. The van der Waals surface area contributed by atoms with Gasteiger partial charge in [-0.3, -0.25) is 4.79 Å². The largest absolute Gasteiger partial charge is 0.431 e. The number of carbonyl (C=O) groups excluding carboxylic acids is 1. The minimum Gasteiger partial charge on any atom is -0.431 e. The quantitative estimate of drug-likeness (QED) is 0.727. The van der Waals surface area contributed by atoms with Gasteiger partial charge >= 0.3 is 5.63 Å². The van der Waals surface area contributed by atoms with E-state index < -0.39 is 5.60 Å². The molecule has 4 aliphatic carbocycles. The molecule has 1 heterocycles. The summed E-state index contributed by atoms with van der Waals surface area (Å²) >= 11 is 0. The lowest BCUT2D eigenvalue weighted by Crippen LogP contribution is -2.61. The van der Waals surface area contributed by atoms with E-state index in [1.807, 2.05) is 6.07 Å². The molecule has 0 aliphatic heterocycles. The zero-order valence-corrected chi connectivity index (χ0v) is 19.3. The lowest BCUT2D eigenvalue weighted by molar-refractivity contribution is -0.197. The molecule has 0 spiro atoms. The number of aliphatic imine (C=N–C) groups is 1. The Kier molecular flexibility index (Phi) is 5.25. The number of nitrogens with zero attached hydrogens (tertiary/aromatic N) is 1. The van der Waals surface area contributed by atoms with E-state index in [9.17, 15) is 14.7 Å². The van der Waals surface area contributed by atoms with E-state index >= 15 is 0 Å². The van der Waals surface area contributed by atoms with Crippen LogP contribution in [0.4, 0.5) is 0 Å². The van der Waals surface area contributed by atoms with Gasteiger partial charge in [-0.2, -0.15) is 0 Å². The maximum atomic E-state index is 12.3. The Labute approximate surface area is 189 Å². The van der Waals surface area contributed by atoms with Gasteiger partial charge in [0.1, 0.15) is 0 Å². The topological polar surface area (TPSA) is 106 Å². The Bertz CT molecular complexity index is 981. The van der Waals surface area contributed by atoms with Crippen molar-refractivity contribution in [1.82, 2.24) is 0 Å². The number of nitrogens with two attached hydrogens (primary N) is 1. The van der Waals surface area contributed by atoms with Gasteiger partial charge in [0.05, 0.1) is 18.4 Å². The summed E-state index contributed by atoms with van der Waals surface area (Å²) in [6, 6.07) is 3.40. The number of rotatable bonds is 2. The van der Waals surface area contributed by atoms with Crippen molar-refractivity contribution in [1.29, 1.82) is 0 Å². The van der Waals surface area contributed by atoms with Gasteiger partial charge in [-0.15, -0.1) is 0 Å². The second-order valence-corrected chi connectivity index (χ2v) is 11.3. The van der Waals surface area contributed by atoms with E-state index in [-0.39, 0.29) is 34.8 Å². The van der Waals surface area contributed by atoms with E-state index in [4.69, 9.17) is 10.2 Å². The van der Waals surface area contributed by atoms with E-state index in [0.717, 1.165) is 69.1 Å².